The molecule has 0 aromatic heterocycles. The lowest BCUT2D eigenvalue weighted by molar-refractivity contribution is -0.142. The van der Waals surface area contributed by atoms with Crippen LogP contribution in [0.1, 0.15) is 54.2 Å². The van der Waals surface area contributed by atoms with Crippen LogP contribution >= 0.6 is 0 Å². The Hall–Kier alpha value is -3.15. The summed E-state index contributed by atoms with van der Waals surface area (Å²) in [6.45, 7) is 6.40. The lowest BCUT2D eigenvalue weighted by Gasteiger charge is -2.36. The molecule has 0 saturated carbocycles. The van der Waals surface area contributed by atoms with Gasteiger partial charge in [0.15, 0.2) is 0 Å². The van der Waals surface area contributed by atoms with Crippen molar-refractivity contribution in [2.45, 2.75) is 52.6 Å². The van der Waals surface area contributed by atoms with Crippen LogP contribution < -0.4 is 10.9 Å². The summed E-state index contributed by atoms with van der Waals surface area (Å²) in [5, 5.41) is 0. The number of hydrazine groups is 1. The van der Waals surface area contributed by atoms with Crippen molar-refractivity contribution in [3.63, 3.8) is 0 Å². The average Bonchev–Trinajstić information content (AvgIpc) is 2.75. The topological polar surface area (TPSA) is 78.5 Å². The van der Waals surface area contributed by atoms with Crippen LogP contribution in [0, 0.1) is 5.92 Å². The first kappa shape index (κ1) is 21.6. The van der Waals surface area contributed by atoms with Crippen LogP contribution in [0.25, 0.3) is 0 Å². The number of carbonyl (C=O) groups excluding carboxylic acids is 3. The lowest BCUT2D eigenvalue weighted by atomic mass is 9.92. The van der Waals surface area contributed by atoms with Crippen molar-refractivity contribution >= 4 is 17.7 Å². The minimum atomic E-state index is -0.658. The third kappa shape index (κ3) is 5.06. The molecule has 0 aliphatic carbocycles. The monoisotopic (exact) mass is 407 g/mol. The van der Waals surface area contributed by atoms with Crippen molar-refractivity contribution < 1.29 is 14.4 Å². The van der Waals surface area contributed by atoms with Crippen molar-refractivity contribution in [2.75, 3.05) is 0 Å². The first-order valence-electron chi connectivity index (χ1n) is 10.4. The zero-order valence-electron chi connectivity index (χ0n) is 17.8. The third-order valence-corrected chi connectivity index (χ3v) is 5.38. The smallest absolute Gasteiger partial charge is 0.269 e. The van der Waals surface area contributed by atoms with E-state index in [9.17, 15) is 14.4 Å². The van der Waals surface area contributed by atoms with Gasteiger partial charge in [-0.2, -0.15) is 0 Å². The van der Waals surface area contributed by atoms with Gasteiger partial charge in [0.1, 0.15) is 6.04 Å². The molecule has 0 saturated heterocycles. The zero-order valence-corrected chi connectivity index (χ0v) is 17.8. The van der Waals surface area contributed by atoms with Crippen LogP contribution in [-0.2, 0) is 29.0 Å². The number of rotatable bonds is 5. The number of hydrogen-bond donors (Lipinski definition) is 2. The maximum atomic E-state index is 12.9. The van der Waals surface area contributed by atoms with Crippen molar-refractivity contribution in [1.82, 2.24) is 15.8 Å². The Bertz CT molecular complexity index is 922. The second-order valence-corrected chi connectivity index (χ2v) is 8.10. The van der Waals surface area contributed by atoms with Gasteiger partial charge >= 0.3 is 0 Å². The molecule has 158 valence electrons. The molecular weight excluding hydrogens is 378 g/mol. The molecule has 3 rings (SSSR count). The highest BCUT2D eigenvalue weighted by Gasteiger charge is 2.34. The molecule has 1 unspecified atom stereocenters. The van der Waals surface area contributed by atoms with E-state index in [1.54, 1.807) is 17.0 Å². The molecule has 6 heteroatoms. The van der Waals surface area contributed by atoms with Gasteiger partial charge in [-0.05, 0) is 41.2 Å². The van der Waals surface area contributed by atoms with E-state index in [1.165, 1.54) is 0 Å². The number of nitrogens with one attached hydrogen (secondary N) is 2. The SMILES string of the molecule is CCc1ccc(C(=O)NNC(=O)C2Cc3ccccc3CN2C(=O)CC(C)C)cc1. The minimum Gasteiger partial charge on any atom is -0.326 e. The molecule has 30 heavy (non-hydrogen) atoms. The molecule has 0 spiro atoms. The second kappa shape index (κ2) is 9.57. The number of hydrogen-bond acceptors (Lipinski definition) is 3. The Morgan fingerprint density at radius 3 is 2.30 bits per heavy atom. The van der Waals surface area contributed by atoms with E-state index in [0.717, 1.165) is 23.1 Å². The maximum absolute atomic E-state index is 12.9. The fourth-order valence-corrected chi connectivity index (χ4v) is 3.65. The van der Waals surface area contributed by atoms with Gasteiger partial charge in [0.05, 0.1) is 0 Å². The summed E-state index contributed by atoms with van der Waals surface area (Å²) in [4.78, 5) is 39.7. The highest BCUT2D eigenvalue weighted by molar-refractivity contribution is 5.96. The van der Waals surface area contributed by atoms with Crippen LogP contribution in [0.2, 0.25) is 0 Å². The highest BCUT2D eigenvalue weighted by atomic mass is 16.2. The normalized spacial score (nSPS) is 15.5. The Morgan fingerprint density at radius 2 is 1.67 bits per heavy atom. The molecule has 2 N–H and O–H groups in total. The number of fused-ring (bicyclic) bond motifs is 1. The number of benzene rings is 2. The van der Waals surface area contributed by atoms with E-state index in [4.69, 9.17) is 0 Å². The van der Waals surface area contributed by atoms with Crippen LogP contribution in [-0.4, -0.2) is 28.7 Å². The summed E-state index contributed by atoms with van der Waals surface area (Å²) in [6, 6.07) is 14.4. The Kier molecular flexibility index (Phi) is 6.87. The molecule has 0 fully saturated rings. The molecule has 6 nitrogen and oxygen atoms in total. The van der Waals surface area contributed by atoms with Crippen LogP contribution in [0.5, 0.6) is 0 Å². The minimum absolute atomic E-state index is 0.0545. The van der Waals surface area contributed by atoms with Crippen LogP contribution in [0.4, 0.5) is 0 Å². The highest BCUT2D eigenvalue weighted by Crippen LogP contribution is 2.25. The van der Waals surface area contributed by atoms with Crippen molar-refractivity contribution in [3.8, 4) is 0 Å². The molecule has 2 aromatic rings. The molecule has 1 atom stereocenters. The van der Waals surface area contributed by atoms with E-state index < -0.39 is 6.04 Å². The summed E-state index contributed by atoms with van der Waals surface area (Å²) < 4.78 is 0. The van der Waals surface area contributed by atoms with E-state index >= 15 is 0 Å². The summed E-state index contributed by atoms with van der Waals surface area (Å²) in [5.41, 5.74) is 8.70. The fourth-order valence-electron chi connectivity index (χ4n) is 3.65. The van der Waals surface area contributed by atoms with Gasteiger partial charge in [0, 0.05) is 24.9 Å². The van der Waals surface area contributed by atoms with Gasteiger partial charge in [0.2, 0.25) is 5.91 Å². The molecule has 1 heterocycles. The van der Waals surface area contributed by atoms with Gasteiger partial charge in [-0.25, -0.2) is 0 Å². The quantitative estimate of drug-likeness (QED) is 0.748. The average molecular weight is 408 g/mol. The van der Waals surface area contributed by atoms with Gasteiger partial charge in [0.25, 0.3) is 11.8 Å². The number of carbonyl (C=O) groups is 3. The Balaban J connectivity index is 1.70. The van der Waals surface area contributed by atoms with E-state index in [1.807, 2.05) is 57.2 Å². The Labute approximate surface area is 177 Å². The predicted molar refractivity (Wildman–Crippen MR) is 115 cm³/mol. The molecule has 2 aromatic carbocycles. The van der Waals surface area contributed by atoms with Gasteiger partial charge in [-0.1, -0.05) is 57.2 Å². The lowest BCUT2D eigenvalue weighted by Crippen LogP contribution is -2.56. The van der Waals surface area contributed by atoms with Crippen molar-refractivity contribution in [2.24, 2.45) is 5.92 Å². The predicted octanol–water partition coefficient (Wildman–Crippen LogP) is 3.01. The first-order valence-corrected chi connectivity index (χ1v) is 10.4. The molecule has 1 aliphatic rings. The largest absolute Gasteiger partial charge is 0.326 e. The number of amides is 3. The van der Waals surface area contributed by atoms with Crippen molar-refractivity contribution in [3.05, 3.63) is 70.8 Å². The van der Waals surface area contributed by atoms with Gasteiger partial charge < -0.3 is 4.90 Å². The summed E-state index contributed by atoms with van der Waals surface area (Å²) in [6.07, 6.45) is 1.69. The molecule has 0 bridgehead atoms. The number of aryl methyl sites for hydroxylation is 1. The molecule has 0 radical (unpaired) electrons. The summed E-state index contributed by atoms with van der Waals surface area (Å²) >= 11 is 0. The third-order valence-electron chi connectivity index (χ3n) is 5.38. The summed E-state index contributed by atoms with van der Waals surface area (Å²) in [5.74, 6) is -0.632. The second-order valence-electron chi connectivity index (χ2n) is 8.10. The zero-order chi connectivity index (χ0) is 21.7. The van der Waals surface area contributed by atoms with E-state index in [-0.39, 0.29) is 23.6 Å². The van der Waals surface area contributed by atoms with Gasteiger partial charge in [-0.3, -0.25) is 25.2 Å². The van der Waals surface area contributed by atoms with Crippen LogP contribution in [0.3, 0.4) is 0 Å². The fraction of sp³-hybridized carbons (Fsp3) is 0.375. The number of nitrogens with zero attached hydrogens (tertiary/aromatic N) is 1. The molecule has 1 aliphatic heterocycles. The van der Waals surface area contributed by atoms with E-state index in [2.05, 4.69) is 10.9 Å². The Morgan fingerprint density at radius 1 is 1.00 bits per heavy atom. The first-order chi connectivity index (χ1) is 14.4. The summed E-state index contributed by atoms with van der Waals surface area (Å²) in [7, 11) is 0. The standard InChI is InChI=1S/C24H29N3O3/c1-4-17-9-11-18(12-10-17)23(29)25-26-24(30)21-14-19-7-5-6-8-20(19)15-27(21)22(28)13-16(2)3/h5-12,16,21H,4,13-15H2,1-3H3,(H,25,29)(H,26,30). The molecular formula is C24H29N3O3. The maximum Gasteiger partial charge on any atom is 0.269 e. The van der Waals surface area contributed by atoms with E-state index in [0.29, 0.717) is 24.9 Å². The van der Waals surface area contributed by atoms with Crippen molar-refractivity contribution in [1.29, 1.82) is 0 Å². The van der Waals surface area contributed by atoms with Crippen LogP contribution in [0.15, 0.2) is 48.5 Å². The van der Waals surface area contributed by atoms with Gasteiger partial charge in [-0.15, -0.1) is 0 Å². The molecule has 3 amide bonds.